The molecule has 0 fully saturated rings. The summed E-state index contributed by atoms with van der Waals surface area (Å²) in [6.45, 7) is 1.80. The van der Waals surface area contributed by atoms with Gasteiger partial charge in [-0.2, -0.15) is 10.2 Å². The Morgan fingerprint density at radius 1 is 1.30 bits per heavy atom. The van der Waals surface area contributed by atoms with Gasteiger partial charge in [0.15, 0.2) is 5.69 Å². The number of nitrogens with zero attached hydrogens (tertiary/aromatic N) is 2. The van der Waals surface area contributed by atoms with Gasteiger partial charge in [0.1, 0.15) is 17.3 Å². The quantitative estimate of drug-likeness (QED) is 0.574. The summed E-state index contributed by atoms with van der Waals surface area (Å²) in [6.07, 6.45) is 1.38. The maximum atomic E-state index is 12.9. The molecule has 7 heteroatoms. The van der Waals surface area contributed by atoms with E-state index in [1.165, 1.54) is 18.3 Å². The first-order chi connectivity index (χ1) is 11.1. The third-order valence-electron chi connectivity index (χ3n) is 3.05. The van der Waals surface area contributed by atoms with Gasteiger partial charge >= 0.3 is 0 Å². The number of benzene rings is 1. The van der Waals surface area contributed by atoms with Crippen molar-refractivity contribution >= 4 is 12.1 Å². The monoisotopic (exact) mass is 312 g/mol. The second-order valence-corrected chi connectivity index (χ2v) is 4.84. The minimum absolute atomic E-state index is 0.256. The van der Waals surface area contributed by atoms with E-state index in [1.807, 2.05) is 0 Å². The number of hydrogen-bond acceptors (Lipinski definition) is 4. The highest BCUT2D eigenvalue weighted by atomic mass is 19.1. The molecule has 0 aliphatic rings. The van der Waals surface area contributed by atoms with Crippen molar-refractivity contribution in [1.82, 2.24) is 15.6 Å². The smallest absolute Gasteiger partial charge is 0.291 e. The number of halogens is 1. The van der Waals surface area contributed by atoms with Gasteiger partial charge in [0, 0.05) is 11.3 Å². The lowest BCUT2D eigenvalue weighted by atomic mass is 10.2. The molecule has 0 saturated heterocycles. The Labute approximate surface area is 131 Å². The molecule has 0 aliphatic heterocycles. The van der Waals surface area contributed by atoms with Gasteiger partial charge in [0.05, 0.1) is 6.21 Å². The number of H-pyrrole nitrogens is 1. The first-order valence-corrected chi connectivity index (χ1v) is 6.83. The van der Waals surface area contributed by atoms with Crippen LogP contribution in [-0.4, -0.2) is 22.3 Å². The first kappa shape index (κ1) is 14.7. The highest BCUT2D eigenvalue weighted by Gasteiger charge is 2.08. The van der Waals surface area contributed by atoms with Crippen LogP contribution in [-0.2, 0) is 0 Å². The van der Waals surface area contributed by atoms with E-state index in [1.54, 1.807) is 37.3 Å². The molecule has 0 unspecified atom stereocenters. The number of furan rings is 1. The van der Waals surface area contributed by atoms with Crippen LogP contribution in [0.2, 0.25) is 0 Å². The molecule has 3 rings (SSSR count). The van der Waals surface area contributed by atoms with Gasteiger partial charge in [-0.15, -0.1) is 0 Å². The third-order valence-corrected chi connectivity index (χ3v) is 3.05. The van der Waals surface area contributed by atoms with Gasteiger partial charge in [-0.1, -0.05) is 0 Å². The van der Waals surface area contributed by atoms with Crippen LogP contribution in [0.4, 0.5) is 4.39 Å². The number of carbonyl (C=O) groups excluding carboxylic acids is 1. The molecular weight excluding hydrogens is 299 g/mol. The molecule has 1 amide bonds. The molecular formula is C16H13FN4O2. The fourth-order valence-corrected chi connectivity index (χ4v) is 1.94. The number of aromatic amines is 1. The van der Waals surface area contributed by atoms with Crippen molar-refractivity contribution in [3.05, 3.63) is 65.4 Å². The second-order valence-electron chi connectivity index (χ2n) is 4.84. The lowest BCUT2D eigenvalue weighted by Crippen LogP contribution is -2.17. The Bertz CT molecular complexity index is 849. The van der Waals surface area contributed by atoms with E-state index in [0.29, 0.717) is 11.5 Å². The highest BCUT2D eigenvalue weighted by Crippen LogP contribution is 2.21. The van der Waals surface area contributed by atoms with E-state index in [4.69, 9.17) is 4.42 Å². The van der Waals surface area contributed by atoms with Gasteiger partial charge in [0.2, 0.25) is 0 Å². The molecule has 6 nitrogen and oxygen atoms in total. The molecule has 2 aromatic heterocycles. The molecule has 1 aromatic carbocycles. The van der Waals surface area contributed by atoms with Crippen LogP contribution in [0.1, 0.15) is 21.9 Å². The number of amides is 1. The summed E-state index contributed by atoms with van der Waals surface area (Å²) >= 11 is 0. The summed E-state index contributed by atoms with van der Waals surface area (Å²) in [4.78, 5) is 11.7. The van der Waals surface area contributed by atoms with Crippen LogP contribution < -0.4 is 5.43 Å². The van der Waals surface area contributed by atoms with E-state index in [0.717, 1.165) is 11.3 Å². The van der Waals surface area contributed by atoms with Crippen molar-refractivity contribution in [1.29, 1.82) is 0 Å². The Hall–Kier alpha value is -3.22. The molecule has 0 atom stereocenters. The maximum Gasteiger partial charge on any atom is 0.291 e. The summed E-state index contributed by atoms with van der Waals surface area (Å²) in [5.41, 5.74) is 4.15. The van der Waals surface area contributed by atoms with Crippen LogP contribution >= 0.6 is 0 Å². The topological polar surface area (TPSA) is 83.3 Å². The fraction of sp³-hybridized carbons (Fsp3) is 0.0625. The number of carbonyl (C=O) groups is 1. The number of aromatic nitrogens is 2. The zero-order chi connectivity index (χ0) is 16.2. The fourth-order valence-electron chi connectivity index (χ4n) is 1.94. The molecule has 0 bridgehead atoms. The SMILES string of the molecule is Cc1cc(C(=O)N/N=C\c2ccc(-c3ccc(F)cc3)o2)n[nH]1. The standard InChI is InChI=1S/C16H13FN4O2/c1-10-8-14(20-19-10)16(22)21-18-9-13-6-7-15(23-13)11-2-4-12(17)5-3-11/h2-9H,1H3,(H,19,20)(H,21,22)/b18-9-. The molecule has 23 heavy (non-hydrogen) atoms. The maximum absolute atomic E-state index is 12.9. The first-order valence-electron chi connectivity index (χ1n) is 6.83. The lowest BCUT2D eigenvalue weighted by molar-refractivity contribution is 0.0950. The van der Waals surface area contributed by atoms with Crippen molar-refractivity contribution in [3.8, 4) is 11.3 Å². The molecule has 3 aromatic rings. The number of nitrogens with one attached hydrogen (secondary N) is 2. The molecule has 0 saturated carbocycles. The van der Waals surface area contributed by atoms with Crippen LogP contribution in [0.25, 0.3) is 11.3 Å². The average molecular weight is 312 g/mol. The van der Waals surface area contributed by atoms with Crippen molar-refractivity contribution in [2.45, 2.75) is 6.92 Å². The second kappa shape index (κ2) is 6.27. The molecule has 0 spiro atoms. The Morgan fingerprint density at radius 2 is 2.09 bits per heavy atom. The largest absolute Gasteiger partial charge is 0.455 e. The van der Waals surface area contributed by atoms with Crippen LogP contribution in [0.5, 0.6) is 0 Å². The van der Waals surface area contributed by atoms with E-state index in [-0.39, 0.29) is 11.5 Å². The highest BCUT2D eigenvalue weighted by molar-refractivity contribution is 5.93. The minimum atomic E-state index is -0.420. The lowest BCUT2D eigenvalue weighted by Gasteiger charge is -1.96. The van der Waals surface area contributed by atoms with Crippen LogP contribution in [0, 0.1) is 12.7 Å². The number of rotatable bonds is 4. The summed E-state index contributed by atoms with van der Waals surface area (Å²) in [7, 11) is 0. The predicted molar refractivity (Wildman–Crippen MR) is 82.5 cm³/mol. The van der Waals surface area contributed by atoms with Gasteiger partial charge < -0.3 is 4.42 Å². The number of hydrogen-bond donors (Lipinski definition) is 2. The summed E-state index contributed by atoms with van der Waals surface area (Å²) in [5, 5.41) is 10.3. The van der Waals surface area contributed by atoms with E-state index in [9.17, 15) is 9.18 Å². The van der Waals surface area contributed by atoms with Crippen LogP contribution in [0.15, 0.2) is 52.0 Å². The van der Waals surface area contributed by atoms with Crippen molar-refractivity contribution in [3.63, 3.8) is 0 Å². The zero-order valence-corrected chi connectivity index (χ0v) is 12.2. The minimum Gasteiger partial charge on any atom is -0.455 e. The van der Waals surface area contributed by atoms with Crippen molar-refractivity contribution in [2.75, 3.05) is 0 Å². The van der Waals surface area contributed by atoms with E-state index in [2.05, 4.69) is 20.7 Å². The molecule has 0 aliphatic carbocycles. The third kappa shape index (κ3) is 3.52. The van der Waals surface area contributed by atoms with Gasteiger partial charge in [0.25, 0.3) is 5.91 Å². The van der Waals surface area contributed by atoms with Gasteiger partial charge in [-0.25, -0.2) is 9.82 Å². The Kier molecular flexibility index (Phi) is 4.01. The van der Waals surface area contributed by atoms with Gasteiger partial charge in [-0.3, -0.25) is 9.89 Å². The van der Waals surface area contributed by atoms with Crippen molar-refractivity contribution in [2.24, 2.45) is 5.10 Å². The Morgan fingerprint density at radius 3 is 2.78 bits per heavy atom. The summed E-state index contributed by atoms with van der Waals surface area (Å²) in [5.74, 6) is 0.317. The number of aryl methyl sites for hydroxylation is 1. The average Bonchev–Trinajstić information content (AvgIpc) is 3.17. The van der Waals surface area contributed by atoms with Gasteiger partial charge in [-0.05, 0) is 49.4 Å². The zero-order valence-electron chi connectivity index (χ0n) is 12.2. The molecule has 0 radical (unpaired) electrons. The number of hydrazone groups is 1. The predicted octanol–water partition coefficient (Wildman–Crippen LogP) is 2.88. The van der Waals surface area contributed by atoms with Crippen LogP contribution in [0.3, 0.4) is 0 Å². The molecule has 116 valence electrons. The Balaban J connectivity index is 1.64. The summed E-state index contributed by atoms with van der Waals surface area (Å²) in [6, 6.07) is 11.0. The van der Waals surface area contributed by atoms with E-state index < -0.39 is 5.91 Å². The van der Waals surface area contributed by atoms with Crippen molar-refractivity contribution < 1.29 is 13.6 Å². The molecule has 2 N–H and O–H groups in total. The summed E-state index contributed by atoms with van der Waals surface area (Å²) < 4.78 is 18.4. The molecule has 2 heterocycles. The normalized spacial score (nSPS) is 11.0. The van der Waals surface area contributed by atoms with E-state index >= 15 is 0 Å².